The SMILES string of the molecule is CC(=O)N1CCN(c2ncc(N(CC3(C)CCC(C)(c4ccccc4)CC3)C(N)=O)c(C)n2)CC1. The van der Waals surface area contributed by atoms with Crippen LogP contribution in [0.2, 0.25) is 0 Å². The van der Waals surface area contributed by atoms with E-state index >= 15 is 0 Å². The lowest BCUT2D eigenvalue weighted by Crippen LogP contribution is -2.49. The molecule has 1 aromatic heterocycles. The van der Waals surface area contributed by atoms with Crippen molar-refractivity contribution in [3.63, 3.8) is 0 Å². The molecular formula is C27H38N6O2. The molecule has 1 aliphatic carbocycles. The van der Waals surface area contributed by atoms with Gasteiger partial charge in [-0.2, -0.15) is 0 Å². The monoisotopic (exact) mass is 478 g/mol. The Morgan fingerprint density at radius 1 is 1.03 bits per heavy atom. The van der Waals surface area contributed by atoms with E-state index in [1.807, 2.05) is 11.8 Å². The summed E-state index contributed by atoms with van der Waals surface area (Å²) >= 11 is 0. The molecule has 2 aliphatic rings. The average Bonchev–Trinajstić information content (AvgIpc) is 2.85. The Kier molecular flexibility index (Phi) is 7.01. The van der Waals surface area contributed by atoms with Gasteiger partial charge < -0.3 is 15.5 Å². The number of piperazine rings is 1. The van der Waals surface area contributed by atoms with Crippen molar-refractivity contribution in [2.45, 2.75) is 58.8 Å². The normalized spacial score (nSPS) is 24.8. The van der Waals surface area contributed by atoms with Crippen LogP contribution in [0.5, 0.6) is 0 Å². The quantitative estimate of drug-likeness (QED) is 0.704. The van der Waals surface area contributed by atoms with Gasteiger partial charge in [-0.3, -0.25) is 9.69 Å². The Morgan fingerprint density at radius 3 is 2.20 bits per heavy atom. The second-order valence-corrected chi connectivity index (χ2v) is 10.8. The lowest BCUT2D eigenvalue weighted by atomic mass is 9.62. The van der Waals surface area contributed by atoms with Crippen molar-refractivity contribution in [3.05, 3.63) is 47.8 Å². The van der Waals surface area contributed by atoms with E-state index in [1.54, 1.807) is 18.0 Å². The van der Waals surface area contributed by atoms with Gasteiger partial charge in [-0.1, -0.05) is 44.2 Å². The van der Waals surface area contributed by atoms with Gasteiger partial charge in [-0.15, -0.1) is 0 Å². The fourth-order valence-corrected chi connectivity index (χ4v) is 5.44. The molecule has 3 amide bonds. The Morgan fingerprint density at radius 2 is 1.66 bits per heavy atom. The van der Waals surface area contributed by atoms with Crippen LogP contribution < -0.4 is 15.5 Å². The van der Waals surface area contributed by atoms with Crippen LogP contribution >= 0.6 is 0 Å². The second-order valence-electron chi connectivity index (χ2n) is 10.8. The minimum absolute atomic E-state index is 0.0303. The largest absolute Gasteiger partial charge is 0.351 e. The number of benzene rings is 1. The molecule has 2 heterocycles. The highest BCUT2D eigenvalue weighted by atomic mass is 16.2. The first-order valence-electron chi connectivity index (χ1n) is 12.6. The van der Waals surface area contributed by atoms with Crippen LogP contribution in [0.3, 0.4) is 0 Å². The molecule has 2 N–H and O–H groups in total. The molecule has 2 fully saturated rings. The maximum absolute atomic E-state index is 12.5. The van der Waals surface area contributed by atoms with Crippen LogP contribution in [0.1, 0.15) is 57.7 Å². The molecule has 0 radical (unpaired) electrons. The number of nitrogens with zero attached hydrogens (tertiary/aromatic N) is 5. The standard InChI is InChI=1S/C27H38N6O2/c1-20-23(18-29-25(30-20)32-16-14-31(15-17-32)21(2)34)33(24(28)35)19-26(3)10-12-27(4,13-11-26)22-8-6-5-7-9-22/h5-9,18H,10-17,19H2,1-4H3,(H2,28,35). The van der Waals surface area contributed by atoms with E-state index in [0.29, 0.717) is 44.4 Å². The number of rotatable bonds is 5. The van der Waals surface area contributed by atoms with E-state index in [1.165, 1.54) is 5.56 Å². The van der Waals surface area contributed by atoms with Crippen LogP contribution in [0.4, 0.5) is 16.4 Å². The molecule has 4 rings (SSSR count). The first-order chi connectivity index (χ1) is 16.6. The summed E-state index contributed by atoms with van der Waals surface area (Å²) in [6.45, 7) is 11.4. The molecule has 2 aromatic rings. The predicted octanol–water partition coefficient (Wildman–Crippen LogP) is 3.88. The fourth-order valence-electron chi connectivity index (χ4n) is 5.44. The Hall–Kier alpha value is -3.16. The van der Waals surface area contributed by atoms with Crippen molar-refractivity contribution in [2.24, 2.45) is 11.1 Å². The number of hydrogen-bond donors (Lipinski definition) is 1. The first-order valence-corrected chi connectivity index (χ1v) is 12.6. The van der Waals surface area contributed by atoms with Crippen molar-refractivity contribution >= 4 is 23.6 Å². The number of hydrogen-bond acceptors (Lipinski definition) is 5. The van der Waals surface area contributed by atoms with Gasteiger partial charge in [0.15, 0.2) is 0 Å². The molecule has 0 spiro atoms. The molecule has 188 valence electrons. The van der Waals surface area contributed by atoms with Gasteiger partial charge in [0, 0.05) is 39.6 Å². The Labute approximate surface area is 208 Å². The number of urea groups is 1. The van der Waals surface area contributed by atoms with Crippen molar-refractivity contribution in [3.8, 4) is 0 Å². The lowest BCUT2D eigenvalue weighted by Gasteiger charge is -2.45. The van der Waals surface area contributed by atoms with E-state index in [-0.39, 0.29) is 16.7 Å². The van der Waals surface area contributed by atoms with Gasteiger partial charge in [0.25, 0.3) is 0 Å². The van der Waals surface area contributed by atoms with Crippen LogP contribution in [-0.4, -0.2) is 59.5 Å². The number of primary amides is 1. The molecule has 35 heavy (non-hydrogen) atoms. The molecule has 0 atom stereocenters. The molecule has 1 saturated heterocycles. The third-order valence-corrected chi connectivity index (χ3v) is 8.08. The summed E-state index contributed by atoms with van der Waals surface area (Å²) < 4.78 is 0. The van der Waals surface area contributed by atoms with Crippen molar-refractivity contribution < 1.29 is 9.59 Å². The maximum Gasteiger partial charge on any atom is 0.319 e. The average molecular weight is 479 g/mol. The zero-order valence-corrected chi connectivity index (χ0v) is 21.5. The first kappa shape index (κ1) is 24.9. The molecule has 8 nitrogen and oxygen atoms in total. The van der Waals surface area contributed by atoms with E-state index in [2.05, 4.69) is 54.1 Å². The van der Waals surface area contributed by atoms with Crippen molar-refractivity contribution in [1.29, 1.82) is 0 Å². The van der Waals surface area contributed by atoms with Gasteiger partial charge in [0.1, 0.15) is 0 Å². The summed E-state index contributed by atoms with van der Waals surface area (Å²) in [5.41, 5.74) is 8.78. The van der Waals surface area contributed by atoms with E-state index in [0.717, 1.165) is 31.4 Å². The number of carbonyl (C=O) groups is 2. The molecule has 1 saturated carbocycles. The number of amides is 3. The van der Waals surface area contributed by atoms with E-state index < -0.39 is 6.03 Å². The van der Waals surface area contributed by atoms with Crippen LogP contribution in [0, 0.1) is 12.3 Å². The fraction of sp³-hybridized carbons (Fsp3) is 0.556. The van der Waals surface area contributed by atoms with E-state index in [9.17, 15) is 9.59 Å². The predicted molar refractivity (Wildman–Crippen MR) is 139 cm³/mol. The maximum atomic E-state index is 12.5. The third-order valence-electron chi connectivity index (χ3n) is 8.08. The summed E-state index contributed by atoms with van der Waals surface area (Å²) in [6, 6.07) is 10.3. The van der Waals surface area contributed by atoms with Gasteiger partial charge in [0.2, 0.25) is 11.9 Å². The molecule has 0 unspecified atom stereocenters. The highest BCUT2D eigenvalue weighted by molar-refractivity contribution is 5.91. The highest BCUT2D eigenvalue weighted by Gasteiger charge is 2.40. The summed E-state index contributed by atoms with van der Waals surface area (Å²) in [5, 5.41) is 0. The summed E-state index contributed by atoms with van der Waals surface area (Å²) in [6.07, 6.45) is 5.89. The number of anilines is 2. The zero-order valence-electron chi connectivity index (χ0n) is 21.5. The molecule has 0 bridgehead atoms. The zero-order chi connectivity index (χ0) is 25.2. The number of carbonyl (C=O) groups excluding carboxylic acids is 2. The Balaban J connectivity index is 1.45. The van der Waals surface area contributed by atoms with Crippen molar-refractivity contribution in [2.75, 3.05) is 42.5 Å². The third kappa shape index (κ3) is 5.41. The molecular weight excluding hydrogens is 440 g/mol. The summed E-state index contributed by atoms with van der Waals surface area (Å²) in [7, 11) is 0. The summed E-state index contributed by atoms with van der Waals surface area (Å²) in [5.74, 6) is 0.718. The number of aromatic nitrogens is 2. The lowest BCUT2D eigenvalue weighted by molar-refractivity contribution is -0.129. The van der Waals surface area contributed by atoms with Crippen LogP contribution in [0.15, 0.2) is 36.5 Å². The molecule has 1 aromatic carbocycles. The van der Waals surface area contributed by atoms with E-state index in [4.69, 9.17) is 10.7 Å². The minimum atomic E-state index is -0.475. The number of aryl methyl sites for hydroxylation is 1. The molecule has 1 aliphatic heterocycles. The van der Waals surface area contributed by atoms with Gasteiger partial charge in [0.05, 0.1) is 17.6 Å². The summed E-state index contributed by atoms with van der Waals surface area (Å²) in [4.78, 5) is 39.0. The van der Waals surface area contributed by atoms with Gasteiger partial charge in [-0.05, 0) is 49.0 Å². The highest BCUT2D eigenvalue weighted by Crippen LogP contribution is 2.47. The minimum Gasteiger partial charge on any atom is -0.351 e. The molecule has 8 heteroatoms. The van der Waals surface area contributed by atoms with Crippen molar-refractivity contribution in [1.82, 2.24) is 14.9 Å². The topological polar surface area (TPSA) is 95.7 Å². The van der Waals surface area contributed by atoms with Gasteiger partial charge in [-0.25, -0.2) is 14.8 Å². The van der Waals surface area contributed by atoms with Gasteiger partial charge >= 0.3 is 6.03 Å². The Bertz CT molecular complexity index is 1060. The smallest absolute Gasteiger partial charge is 0.319 e. The number of nitrogens with two attached hydrogens (primary N) is 1. The second kappa shape index (κ2) is 9.84. The van der Waals surface area contributed by atoms with Crippen LogP contribution in [-0.2, 0) is 10.2 Å². The van der Waals surface area contributed by atoms with Crippen LogP contribution in [0.25, 0.3) is 0 Å².